The molecule has 1 fully saturated rings. The van der Waals surface area contributed by atoms with E-state index >= 15 is 0 Å². The maximum absolute atomic E-state index is 2.66. The summed E-state index contributed by atoms with van der Waals surface area (Å²) >= 11 is 0. The highest BCUT2D eigenvalue weighted by Crippen LogP contribution is 2.25. The maximum Gasteiger partial charge on any atom is 0.0166 e. The van der Waals surface area contributed by atoms with E-state index in [1.807, 2.05) is 0 Å². The molecule has 1 atom stereocenters. The molecule has 0 amide bonds. The standard InChI is InChI=1S/C11H19N/c1-10-5-4-8-12(9-10)11-6-2-3-7-11/h4-5,10-11H,2-3,6-9H2,1H3. The van der Waals surface area contributed by atoms with Crippen molar-refractivity contribution < 1.29 is 0 Å². The zero-order valence-electron chi connectivity index (χ0n) is 8.00. The van der Waals surface area contributed by atoms with Gasteiger partial charge in [0.25, 0.3) is 0 Å². The van der Waals surface area contributed by atoms with Gasteiger partial charge in [-0.3, -0.25) is 4.90 Å². The molecule has 0 radical (unpaired) electrons. The molecule has 1 heteroatoms. The minimum atomic E-state index is 0.777. The van der Waals surface area contributed by atoms with Crippen LogP contribution in [0.5, 0.6) is 0 Å². The Morgan fingerprint density at radius 3 is 2.67 bits per heavy atom. The number of hydrogen-bond acceptors (Lipinski definition) is 1. The molecule has 68 valence electrons. The second-order valence-electron chi connectivity index (χ2n) is 4.30. The van der Waals surface area contributed by atoms with Gasteiger partial charge in [-0.15, -0.1) is 0 Å². The van der Waals surface area contributed by atoms with Crippen LogP contribution in [0.3, 0.4) is 0 Å². The smallest absolute Gasteiger partial charge is 0.0166 e. The summed E-state index contributed by atoms with van der Waals surface area (Å²) in [6, 6.07) is 0.914. The molecule has 1 aliphatic heterocycles. The Morgan fingerprint density at radius 2 is 2.00 bits per heavy atom. The van der Waals surface area contributed by atoms with Crippen LogP contribution in [-0.2, 0) is 0 Å². The third-order valence-corrected chi connectivity index (χ3v) is 3.17. The van der Waals surface area contributed by atoms with E-state index in [1.165, 1.54) is 38.8 Å². The van der Waals surface area contributed by atoms with Crippen LogP contribution in [0, 0.1) is 5.92 Å². The molecule has 0 aromatic heterocycles. The minimum Gasteiger partial charge on any atom is -0.296 e. The van der Waals surface area contributed by atoms with Gasteiger partial charge in [0, 0.05) is 19.1 Å². The van der Waals surface area contributed by atoms with Crippen LogP contribution in [0.1, 0.15) is 32.6 Å². The van der Waals surface area contributed by atoms with Crippen molar-refractivity contribution in [2.75, 3.05) is 13.1 Å². The average Bonchev–Trinajstić information content (AvgIpc) is 2.56. The Balaban J connectivity index is 1.91. The molecule has 1 nitrogen and oxygen atoms in total. The third-order valence-electron chi connectivity index (χ3n) is 3.17. The van der Waals surface area contributed by atoms with Gasteiger partial charge in [0.05, 0.1) is 0 Å². The SMILES string of the molecule is CC1C=CCN(C2CCCC2)C1. The zero-order chi connectivity index (χ0) is 8.39. The highest BCUT2D eigenvalue weighted by atomic mass is 15.2. The van der Waals surface area contributed by atoms with E-state index in [1.54, 1.807) is 0 Å². The predicted molar refractivity (Wildman–Crippen MR) is 52.1 cm³/mol. The van der Waals surface area contributed by atoms with Crippen molar-refractivity contribution in [3.63, 3.8) is 0 Å². The van der Waals surface area contributed by atoms with Crippen molar-refractivity contribution in [1.29, 1.82) is 0 Å². The van der Waals surface area contributed by atoms with E-state index in [9.17, 15) is 0 Å². The summed E-state index contributed by atoms with van der Waals surface area (Å²) in [5, 5.41) is 0. The molecule has 0 N–H and O–H groups in total. The Kier molecular flexibility index (Phi) is 2.50. The summed E-state index contributed by atoms with van der Waals surface area (Å²) in [7, 11) is 0. The quantitative estimate of drug-likeness (QED) is 0.539. The van der Waals surface area contributed by atoms with E-state index < -0.39 is 0 Å². The number of hydrogen-bond donors (Lipinski definition) is 0. The van der Waals surface area contributed by atoms with Crippen molar-refractivity contribution in [3.8, 4) is 0 Å². The monoisotopic (exact) mass is 165 g/mol. The fraction of sp³-hybridized carbons (Fsp3) is 0.818. The van der Waals surface area contributed by atoms with Gasteiger partial charge in [-0.2, -0.15) is 0 Å². The first kappa shape index (κ1) is 8.31. The molecule has 0 bridgehead atoms. The molecule has 0 saturated heterocycles. The van der Waals surface area contributed by atoms with E-state index in [0.717, 1.165) is 12.0 Å². The molecule has 2 aliphatic rings. The molecular formula is C11H19N. The highest BCUT2D eigenvalue weighted by Gasteiger charge is 2.23. The van der Waals surface area contributed by atoms with Gasteiger partial charge < -0.3 is 0 Å². The fourth-order valence-electron chi connectivity index (χ4n) is 2.50. The van der Waals surface area contributed by atoms with Gasteiger partial charge in [0.2, 0.25) is 0 Å². The molecule has 0 aromatic carbocycles. The third kappa shape index (κ3) is 1.71. The lowest BCUT2D eigenvalue weighted by molar-refractivity contribution is 0.194. The largest absolute Gasteiger partial charge is 0.296 e. The van der Waals surface area contributed by atoms with Crippen LogP contribution in [0.4, 0.5) is 0 Å². The van der Waals surface area contributed by atoms with E-state index in [4.69, 9.17) is 0 Å². The summed E-state index contributed by atoms with van der Waals surface area (Å²) in [5.74, 6) is 0.777. The van der Waals surface area contributed by atoms with Crippen molar-refractivity contribution >= 4 is 0 Å². The Labute approximate surface area is 75.4 Å². The van der Waals surface area contributed by atoms with Crippen LogP contribution in [-0.4, -0.2) is 24.0 Å². The van der Waals surface area contributed by atoms with Gasteiger partial charge in [-0.25, -0.2) is 0 Å². The molecule has 0 aromatic rings. The predicted octanol–water partition coefficient (Wildman–Crippen LogP) is 2.44. The lowest BCUT2D eigenvalue weighted by Gasteiger charge is -2.32. The second-order valence-corrected chi connectivity index (χ2v) is 4.30. The molecule has 0 spiro atoms. The van der Waals surface area contributed by atoms with Gasteiger partial charge in [-0.1, -0.05) is 31.9 Å². The van der Waals surface area contributed by atoms with Crippen LogP contribution in [0.15, 0.2) is 12.2 Å². The normalized spacial score (nSPS) is 32.9. The van der Waals surface area contributed by atoms with Crippen molar-refractivity contribution in [1.82, 2.24) is 4.90 Å². The topological polar surface area (TPSA) is 3.24 Å². The first-order valence-corrected chi connectivity index (χ1v) is 5.27. The van der Waals surface area contributed by atoms with Gasteiger partial charge in [0.15, 0.2) is 0 Å². The molecule has 12 heavy (non-hydrogen) atoms. The van der Waals surface area contributed by atoms with E-state index in [2.05, 4.69) is 24.0 Å². The average molecular weight is 165 g/mol. The van der Waals surface area contributed by atoms with Gasteiger partial charge in [0.1, 0.15) is 0 Å². The zero-order valence-corrected chi connectivity index (χ0v) is 8.00. The molecule has 1 saturated carbocycles. The summed E-state index contributed by atoms with van der Waals surface area (Å²) in [6.07, 6.45) is 10.5. The van der Waals surface area contributed by atoms with Crippen molar-refractivity contribution in [2.45, 2.75) is 38.6 Å². The maximum atomic E-state index is 2.66. The van der Waals surface area contributed by atoms with Crippen LogP contribution in [0.2, 0.25) is 0 Å². The summed E-state index contributed by atoms with van der Waals surface area (Å²) in [4.78, 5) is 2.66. The fourth-order valence-corrected chi connectivity index (χ4v) is 2.50. The molecule has 1 aliphatic carbocycles. The lowest BCUT2D eigenvalue weighted by atomic mass is 10.1. The molecule has 2 rings (SSSR count). The molecular weight excluding hydrogens is 146 g/mol. The van der Waals surface area contributed by atoms with E-state index in [-0.39, 0.29) is 0 Å². The summed E-state index contributed by atoms with van der Waals surface area (Å²) in [5.41, 5.74) is 0. The Bertz CT molecular complexity index is 168. The first-order valence-electron chi connectivity index (χ1n) is 5.27. The van der Waals surface area contributed by atoms with Crippen LogP contribution >= 0.6 is 0 Å². The van der Waals surface area contributed by atoms with Gasteiger partial charge >= 0.3 is 0 Å². The van der Waals surface area contributed by atoms with Crippen LogP contribution < -0.4 is 0 Å². The summed E-state index contributed by atoms with van der Waals surface area (Å²) < 4.78 is 0. The Hall–Kier alpha value is -0.300. The first-order chi connectivity index (χ1) is 5.86. The van der Waals surface area contributed by atoms with Crippen molar-refractivity contribution in [2.24, 2.45) is 5.92 Å². The lowest BCUT2D eigenvalue weighted by Crippen LogP contribution is -2.38. The highest BCUT2D eigenvalue weighted by molar-refractivity contribution is 4.97. The number of nitrogens with zero attached hydrogens (tertiary/aromatic N) is 1. The van der Waals surface area contributed by atoms with Crippen molar-refractivity contribution in [3.05, 3.63) is 12.2 Å². The van der Waals surface area contributed by atoms with Gasteiger partial charge in [-0.05, 0) is 18.8 Å². The minimum absolute atomic E-state index is 0.777. The van der Waals surface area contributed by atoms with E-state index in [0.29, 0.717) is 0 Å². The second kappa shape index (κ2) is 3.61. The molecule has 1 unspecified atom stereocenters. The van der Waals surface area contributed by atoms with Crippen LogP contribution in [0.25, 0.3) is 0 Å². The summed E-state index contributed by atoms with van der Waals surface area (Å²) in [6.45, 7) is 4.81. The Morgan fingerprint density at radius 1 is 1.25 bits per heavy atom. The number of rotatable bonds is 1. The molecule has 1 heterocycles.